The van der Waals surface area contributed by atoms with Crippen molar-refractivity contribution < 1.29 is 28.8 Å². The number of aliphatic hydroxyl groups excluding tert-OH is 1. The fraction of sp³-hybridized carbons (Fsp3) is 1.00. The number of hydrogen-bond donors (Lipinski definition) is 1. The van der Waals surface area contributed by atoms with Gasteiger partial charge in [-0.3, -0.25) is 0 Å². The maximum Gasteiger partial charge on any atom is 0.313 e. The van der Waals surface area contributed by atoms with Crippen molar-refractivity contribution >= 4 is 0 Å². The predicted octanol–water partition coefficient (Wildman–Crippen LogP) is 3.21. The molecule has 0 aromatic rings. The highest BCUT2D eigenvalue weighted by molar-refractivity contribution is 4.86. The van der Waals surface area contributed by atoms with Gasteiger partial charge in [0.05, 0.1) is 25.9 Å². The van der Waals surface area contributed by atoms with Crippen molar-refractivity contribution in [2.24, 2.45) is 0 Å². The zero-order valence-corrected chi connectivity index (χ0v) is 15.8. The van der Waals surface area contributed by atoms with Crippen molar-refractivity contribution in [1.29, 1.82) is 0 Å². The summed E-state index contributed by atoms with van der Waals surface area (Å²) in [5.41, 5.74) is 0. The van der Waals surface area contributed by atoms with E-state index in [-0.39, 0.29) is 0 Å². The lowest BCUT2D eigenvalue weighted by molar-refractivity contribution is -0.425. The summed E-state index contributed by atoms with van der Waals surface area (Å²) in [7, 11) is 1.56. The van der Waals surface area contributed by atoms with Crippen molar-refractivity contribution in [2.45, 2.75) is 90.2 Å². The summed E-state index contributed by atoms with van der Waals surface area (Å²) in [6, 6.07) is 0. The van der Waals surface area contributed by atoms with E-state index in [4.69, 9.17) is 23.7 Å². The Morgan fingerprint density at radius 3 is 1.71 bits per heavy atom. The van der Waals surface area contributed by atoms with Crippen molar-refractivity contribution in [1.82, 2.24) is 0 Å². The Kier molecular flexibility index (Phi) is 11.1. The first-order chi connectivity index (χ1) is 11.6. The smallest absolute Gasteiger partial charge is 0.313 e. The van der Waals surface area contributed by atoms with Crippen molar-refractivity contribution in [2.75, 3.05) is 26.9 Å². The Hall–Kier alpha value is -0.240. The number of hydrogen-bond acceptors (Lipinski definition) is 6. The third kappa shape index (κ3) is 6.58. The highest BCUT2D eigenvalue weighted by Gasteiger charge is 2.53. The van der Waals surface area contributed by atoms with Crippen LogP contribution in [0.25, 0.3) is 0 Å². The summed E-state index contributed by atoms with van der Waals surface area (Å²) < 4.78 is 29.1. The van der Waals surface area contributed by atoms with Crippen LogP contribution in [0.15, 0.2) is 0 Å². The molecule has 1 aliphatic rings. The Labute approximate surface area is 146 Å². The van der Waals surface area contributed by atoms with E-state index in [0.717, 1.165) is 38.5 Å². The summed E-state index contributed by atoms with van der Waals surface area (Å²) in [6.07, 6.45) is 4.16. The SMILES string of the molecule is CCCCOC(OCCCC)(OCCCC)[C@@H]1OC(OC)C[C@@H]1O. The van der Waals surface area contributed by atoms with Crippen LogP contribution in [0.5, 0.6) is 0 Å². The van der Waals surface area contributed by atoms with Gasteiger partial charge in [-0.2, -0.15) is 0 Å². The van der Waals surface area contributed by atoms with Crippen LogP contribution >= 0.6 is 0 Å². The van der Waals surface area contributed by atoms with Crippen LogP contribution in [0.2, 0.25) is 0 Å². The minimum atomic E-state index is -1.37. The molecule has 6 nitrogen and oxygen atoms in total. The molecular formula is C18H36O6. The largest absolute Gasteiger partial charge is 0.390 e. The molecule has 0 aromatic carbocycles. The van der Waals surface area contributed by atoms with Crippen molar-refractivity contribution in [3.05, 3.63) is 0 Å². The van der Waals surface area contributed by atoms with E-state index in [0.29, 0.717) is 26.2 Å². The van der Waals surface area contributed by atoms with Gasteiger partial charge in [0.2, 0.25) is 0 Å². The monoisotopic (exact) mass is 348 g/mol. The van der Waals surface area contributed by atoms with Crippen LogP contribution in [-0.4, -0.2) is 56.5 Å². The average molecular weight is 348 g/mol. The van der Waals surface area contributed by atoms with Crippen LogP contribution in [-0.2, 0) is 23.7 Å². The maximum atomic E-state index is 10.5. The first-order valence-corrected chi connectivity index (χ1v) is 9.41. The highest BCUT2D eigenvalue weighted by Crippen LogP contribution is 2.34. The van der Waals surface area contributed by atoms with Gasteiger partial charge in [-0.15, -0.1) is 0 Å². The van der Waals surface area contributed by atoms with E-state index in [9.17, 15) is 5.11 Å². The third-order valence-corrected chi connectivity index (χ3v) is 4.10. The van der Waals surface area contributed by atoms with Gasteiger partial charge in [-0.1, -0.05) is 40.0 Å². The number of aliphatic hydroxyl groups is 1. The Morgan fingerprint density at radius 2 is 1.38 bits per heavy atom. The van der Waals surface area contributed by atoms with Crippen LogP contribution in [0.1, 0.15) is 65.7 Å². The van der Waals surface area contributed by atoms with Crippen LogP contribution < -0.4 is 0 Å². The Morgan fingerprint density at radius 1 is 0.917 bits per heavy atom. The van der Waals surface area contributed by atoms with Crippen molar-refractivity contribution in [3.63, 3.8) is 0 Å². The molecule has 6 heteroatoms. The van der Waals surface area contributed by atoms with E-state index in [1.165, 1.54) is 0 Å². The van der Waals surface area contributed by atoms with Crippen LogP contribution in [0.3, 0.4) is 0 Å². The second kappa shape index (κ2) is 12.2. The molecule has 0 aliphatic carbocycles. The van der Waals surface area contributed by atoms with E-state index < -0.39 is 24.5 Å². The lowest BCUT2D eigenvalue weighted by atomic mass is 10.1. The molecule has 1 saturated heterocycles. The lowest BCUT2D eigenvalue weighted by Gasteiger charge is -2.38. The molecule has 24 heavy (non-hydrogen) atoms. The number of ether oxygens (including phenoxy) is 5. The maximum absolute atomic E-state index is 10.5. The second-order valence-electron chi connectivity index (χ2n) is 6.23. The normalized spacial score (nSPS) is 24.6. The molecule has 1 heterocycles. The second-order valence-corrected chi connectivity index (χ2v) is 6.23. The first kappa shape index (κ1) is 21.8. The Bertz CT molecular complexity index is 285. The van der Waals surface area contributed by atoms with Crippen LogP contribution in [0, 0.1) is 0 Å². The fourth-order valence-corrected chi connectivity index (χ4v) is 2.55. The number of rotatable bonds is 14. The van der Waals surface area contributed by atoms with Gasteiger partial charge in [0, 0.05) is 13.5 Å². The van der Waals surface area contributed by atoms with E-state index >= 15 is 0 Å². The highest BCUT2D eigenvalue weighted by atomic mass is 16.9. The first-order valence-electron chi connectivity index (χ1n) is 9.41. The summed E-state index contributed by atoms with van der Waals surface area (Å²) in [5, 5.41) is 10.5. The summed E-state index contributed by atoms with van der Waals surface area (Å²) >= 11 is 0. The number of methoxy groups -OCH3 is 1. The minimum Gasteiger partial charge on any atom is -0.390 e. The van der Waals surface area contributed by atoms with Gasteiger partial charge in [0.25, 0.3) is 0 Å². The zero-order chi connectivity index (χ0) is 17.8. The summed E-state index contributed by atoms with van der Waals surface area (Å²) in [5.74, 6) is -1.37. The summed E-state index contributed by atoms with van der Waals surface area (Å²) in [6.45, 7) is 7.80. The molecule has 0 radical (unpaired) electrons. The quantitative estimate of drug-likeness (QED) is 0.384. The molecule has 1 unspecified atom stereocenters. The summed E-state index contributed by atoms with van der Waals surface area (Å²) in [4.78, 5) is 0. The van der Waals surface area contributed by atoms with Gasteiger partial charge in [0.1, 0.15) is 0 Å². The molecule has 0 saturated carbocycles. The molecule has 1 aliphatic heterocycles. The minimum absolute atomic E-state index is 0.383. The van der Waals surface area contributed by atoms with E-state index in [1.54, 1.807) is 7.11 Å². The fourth-order valence-electron chi connectivity index (χ4n) is 2.55. The predicted molar refractivity (Wildman–Crippen MR) is 91.6 cm³/mol. The van der Waals surface area contributed by atoms with Crippen LogP contribution in [0.4, 0.5) is 0 Å². The molecule has 0 amide bonds. The molecule has 0 bridgehead atoms. The van der Waals surface area contributed by atoms with Gasteiger partial charge < -0.3 is 28.8 Å². The van der Waals surface area contributed by atoms with Gasteiger partial charge in [-0.05, 0) is 19.3 Å². The third-order valence-electron chi connectivity index (χ3n) is 4.10. The van der Waals surface area contributed by atoms with Gasteiger partial charge in [0.15, 0.2) is 12.4 Å². The molecule has 0 spiro atoms. The molecule has 1 N–H and O–H groups in total. The number of unbranched alkanes of at least 4 members (excludes halogenated alkanes) is 3. The van der Waals surface area contributed by atoms with E-state index in [1.807, 2.05) is 0 Å². The topological polar surface area (TPSA) is 66.4 Å². The van der Waals surface area contributed by atoms with Crippen molar-refractivity contribution in [3.8, 4) is 0 Å². The molecular weight excluding hydrogens is 312 g/mol. The lowest BCUT2D eigenvalue weighted by Crippen LogP contribution is -2.54. The molecule has 1 fully saturated rings. The van der Waals surface area contributed by atoms with Gasteiger partial charge in [-0.25, -0.2) is 0 Å². The van der Waals surface area contributed by atoms with Gasteiger partial charge >= 0.3 is 5.97 Å². The molecule has 3 atom stereocenters. The molecule has 1 rings (SSSR count). The average Bonchev–Trinajstić information content (AvgIpc) is 2.96. The van der Waals surface area contributed by atoms with E-state index in [2.05, 4.69) is 20.8 Å². The molecule has 0 aromatic heterocycles. The standard InChI is InChI=1S/C18H36O6/c1-5-8-11-21-18(22-12-9-6-2,23-13-10-7-3)17-15(19)14-16(20-4)24-17/h15-17,19H,5-14H2,1-4H3/t15-,16?,17+/m0/s1. The zero-order valence-electron chi connectivity index (χ0n) is 15.8. The molecule has 144 valence electrons. The Balaban J connectivity index is 2.88.